The number of nitrogens with zero attached hydrogens (tertiary/aromatic N) is 1. The number of aliphatic hydroxyl groups is 1. The summed E-state index contributed by atoms with van der Waals surface area (Å²) in [6.07, 6.45) is 3.56. The number of thiophene rings is 1. The van der Waals surface area contributed by atoms with Crippen molar-refractivity contribution in [3.8, 4) is 6.07 Å². The Hall–Kier alpha value is -0.850. The van der Waals surface area contributed by atoms with Gasteiger partial charge in [0.2, 0.25) is 0 Å². The van der Waals surface area contributed by atoms with Crippen LogP contribution in [-0.4, -0.2) is 5.11 Å². The Morgan fingerprint density at radius 1 is 1.26 bits per heavy atom. The first-order chi connectivity index (χ1) is 8.72. The lowest BCUT2D eigenvalue weighted by Crippen LogP contribution is -2.45. The van der Waals surface area contributed by atoms with E-state index >= 15 is 0 Å². The van der Waals surface area contributed by atoms with E-state index in [1.807, 2.05) is 26.0 Å². The van der Waals surface area contributed by atoms with Gasteiger partial charge in [-0.3, -0.25) is 0 Å². The van der Waals surface area contributed by atoms with Gasteiger partial charge < -0.3 is 5.11 Å². The maximum Gasteiger partial charge on any atom is 0.114 e. The van der Waals surface area contributed by atoms with Crippen LogP contribution in [0.3, 0.4) is 0 Å². The third-order valence-corrected chi connectivity index (χ3v) is 6.03. The molecule has 1 saturated carbocycles. The fourth-order valence-corrected chi connectivity index (χ4v) is 4.01. The van der Waals surface area contributed by atoms with E-state index in [4.69, 9.17) is 0 Å². The van der Waals surface area contributed by atoms with E-state index in [1.165, 1.54) is 4.88 Å². The molecule has 1 aromatic rings. The van der Waals surface area contributed by atoms with E-state index in [1.54, 1.807) is 11.3 Å². The molecule has 3 heteroatoms. The third kappa shape index (κ3) is 2.44. The standard InChI is InChI=1S/C16H23NOS/c1-12-5-6-13(19-12)15(4,18)16(11-17)9-7-14(2,3)8-10-16/h5-6,18H,7-10H2,1-4H3. The topological polar surface area (TPSA) is 44.0 Å². The summed E-state index contributed by atoms with van der Waals surface area (Å²) in [4.78, 5) is 2.10. The first-order valence-electron chi connectivity index (χ1n) is 6.93. The maximum atomic E-state index is 11.0. The maximum absolute atomic E-state index is 11.0. The zero-order chi connectivity index (χ0) is 14.3. The molecule has 1 unspecified atom stereocenters. The van der Waals surface area contributed by atoms with Gasteiger partial charge in [-0.25, -0.2) is 0 Å². The highest BCUT2D eigenvalue weighted by Gasteiger charge is 2.52. The summed E-state index contributed by atoms with van der Waals surface area (Å²) in [5.74, 6) is 0. The molecule has 2 nitrogen and oxygen atoms in total. The molecule has 104 valence electrons. The number of aryl methyl sites for hydroxylation is 1. The molecular weight excluding hydrogens is 254 g/mol. The molecule has 0 spiro atoms. The van der Waals surface area contributed by atoms with Crippen LogP contribution in [0.15, 0.2) is 12.1 Å². The molecule has 1 aromatic heterocycles. The second-order valence-corrected chi connectivity index (χ2v) is 8.13. The summed E-state index contributed by atoms with van der Waals surface area (Å²) >= 11 is 1.60. The van der Waals surface area contributed by atoms with Crippen LogP contribution in [0.25, 0.3) is 0 Å². The molecule has 1 aliphatic rings. The number of hydrogen-bond donors (Lipinski definition) is 1. The predicted molar refractivity (Wildman–Crippen MR) is 78.9 cm³/mol. The van der Waals surface area contributed by atoms with Crippen LogP contribution in [0.5, 0.6) is 0 Å². The van der Waals surface area contributed by atoms with Crippen LogP contribution in [-0.2, 0) is 5.60 Å². The average Bonchev–Trinajstić information content (AvgIpc) is 2.77. The van der Waals surface area contributed by atoms with Crippen molar-refractivity contribution in [2.45, 2.75) is 59.0 Å². The summed E-state index contributed by atoms with van der Waals surface area (Å²) in [6.45, 7) is 8.35. The zero-order valence-corrected chi connectivity index (χ0v) is 13.1. The quantitative estimate of drug-likeness (QED) is 0.872. The lowest BCUT2D eigenvalue weighted by atomic mass is 9.59. The molecule has 0 amide bonds. The summed E-state index contributed by atoms with van der Waals surface area (Å²) in [5, 5.41) is 20.7. The summed E-state index contributed by atoms with van der Waals surface area (Å²) < 4.78 is 0. The van der Waals surface area contributed by atoms with Gasteiger partial charge in [-0.2, -0.15) is 5.26 Å². The van der Waals surface area contributed by atoms with Crippen molar-refractivity contribution >= 4 is 11.3 Å². The molecule has 0 aliphatic heterocycles. The van der Waals surface area contributed by atoms with Crippen molar-refractivity contribution in [1.82, 2.24) is 0 Å². The SMILES string of the molecule is Cc1ccc(C(C)(O)C2(C#N)CCC(C)(C)CC2)s1. The van der Waals surface area contributed by atoms with Crippen LogP contribution < -0.4 is 0 Å². The molecule has 0 radical (unpaired) electrons. The summed E-state index contributed by atoms with van der Waals surface area (Å²) in [5.41, 5.74) is -1.39. The highest BCUT2D eigenvalue weighted by atomic mass is 32.1. The van der Waals surface area contributed by atoms with Crippen molar-refractivity contribution in [3.63, 3.8) is 0 Å². The van der Waals surface area contributed by atoms with Gasteiger partial charge in [-0.15, -0.1) is 11.3 Å². The van der Waals surface area contributed by atoms with Crippen LogP contribution in [0.2, 0.25) is 0 Å². The van der Waals surface area contributed by atoms with Crippen molar-refractivity contribution in [3.05, 3.63) is 21.9 Å². The lowest BCUT2D eigenvalue weighted by molar-refractivity contribution is -0.0747. The second kappa shape index (κ2) is 4.61. The number of hydrogen-bond acceptors (Lipinski definition) is 3. The molecule has 1 aliphatic carbocycles. The molecule has 1 fully saturated rings. The van der Waals surface area contributed by atoms with Gasteiger partial charge in [0, 0.05) is 9.75 Å². The van der Waals surface area contributed by atoms with Gasteiger partial charge >= 0.3 is 0 Å². The minimum Gasteiger partial charge on any atom is -0.383 e. The van der Waals surface area contributed by atoms with Crippen molar-refractivity contribution in [2.75, 3.05) is 0 Å². The van der Waals surface area contributed by atoms with Gasteiger partial charge in [0.25, 0.3) is 0 Å². The molecule has 1 atom stereocenters. The monoisotopic (exact) mass is 277 g/mol. The fraction of sp³-hybridized carbons (Fsp3) is 0.688. The van der Waals surface area contributed by atoms with E-state index < -0.39 is 11.0 Å². The van der Waals surface area contributed by atoms with Gasteiger partial charge in [-0.1, -0.05) is 13.8 Å². The van der Waals surface area contributed by atoms with Crippen LogP contribution in [0.4, 0.5) is 0 Å². The van der Waals surface area contributed by atoms with Gasteiger partial charge in [0.15, 0.2) is 0 Å². The highest BCUT2D eigenvalue weighted by molar-refractivity contribution is 7.12. The Bertz CT molecular complexity index is 497. The fourth-order valence-electron chi connectivity index (χ4n) is 2.99. The van der Waals surface area contributed by atoms with Crippen LogP contribution >= 0.6 is 11.3 Å². The molecular formula is C16H23NOS. The normalized spacial score (nSPS) is 24.4. The Balaban J connectivity index is 2.34. The summed E-state index contributed by atoms with van der Waals surface area (Å²) in [6, 6.07) is 6.45. The minimum atomic E-state index is -1.04. The van der Waals surface area contributed by atoms with E-state index in [0.717, 1.165) is 30.6 Å². The highest BCUT2D eigenvalue weighted by Crippen LogP contribution is 2.54. The Kier molecular flexibility index (Phi) is 3.53. The predicted octanol–water partition coefficient (Wildman–Crippen LogP) is 4.37. The minimum absolute atomic E-state index is 0.293. The largest absolute Gasteiger partial charge is 0.383 e. The van der Waals surface area contributed by atoms with Crippen LogP contribution in [0, 0.1) is 29.1 Å². The molecule has 1 N–H and O–H groups in total. The van der Waals surface area contributed by atoms with Gasteiger partial charge in [-0.05, 0) is 57.1 Å². The molecule has 2 rings (SSSR count). The second-order valence-electron chi connectivity index (χ2n) is 6.84. The molecule has 19 heavy (non-hydrogen) atoms. The average molecular weight is 277 g/mol. The lowest BCUT2D eigenvalue weighted by Gasteiger charge is -2.46. The Morgan fingerprint density at radius 3 is 2.26 bits per heavy atom. The van der Waals surface area contributed by atoms with Crippen LogP contribution in [0.1, 0.15) is 56.2 Å². The number of nitriles is 1. The van der Waals surface area contributed by atoms with Crippen molar-refractivity contribution in [2.24, 2.45) is 10.8 Å². The van der Waals surface area contributed by atoms with E-state index in [0.29, 0.717) is 5.41 Å². The molecule has 0 saturated heterocycles. The van der Waals surface area contributed by atoms with E-state index in [-0.39, 0.29) is 0 Å². The summed E-state index contributed by atoms with van der Waals surface area (Å²) in [7, 11) is 0. The van der Waals surface area contributed by atoms with E-state index in [2.05, 4.69) is 19.9 Å². The van der Waals surface area contributed by atoms with Crippen molar-refractivity contribution < 1.29 is 5.11 Å². The first kappa shape index (κ1) is 14.6. The zero-order valence-electron chi connectivity index (χ0n) is 12.3. The van der Waals surface area contributed by atoms with Crippen molar-refractivity contribution in [1.29, 1.82) is 5.26 Å². The molecule has 0 aromatic carbocycles. The first-order valence-corrected chi connectivity index (χ1v) is 7.75. The Labute approximate surface area is 120 Å². The van der Waals surface area contributed by atoms with Gasteiger partial charge in [0.05, 0.1) is 11.5 Å². The van der Waals surface area contributed by atoms with E-state index in [9.17, 15) is 10.4 Å². The third-order valence-electron chi connectivity index (χ3n) is 4.82. The number of rotatable bonds is 2. The van der Waals surface area contributed by atoms with Gasteiger partial charge in [0.1, 0.15) is 5.60 Å². The smallest absolute Gasteiger partial charge is 0.114 e. The molecule has 1 heterocycles. The Morgan fingerprint density at radius 2 is 1.84 bits per heavy atom. The molecule has 0 bridgehead atoms.